The van der Waals surface area contributed by atoms with Crippen molar-refractivity contribution in [3.05, 3.63) is 68.8 Å². The number of nitrogens with zero attached hydrogens (tertiary/aromatic N) is 1. The molecule has 0 aromatic heterocycles. The predicted molar refractivity (Wildman–Crippen MR) is 88.3 cm³/mol. The number of esters is 1. The molecule has 0 fully saturated rings. The number of nitro benzene ring substituents is 1. The van der Waals surface area contributed by atoms with Gasteiger partial charge in [-0.3, -0.25) is 14.9 Å². The second-order valence-electron chi connectivity index (χ2n) is 5.15. The molecule has 2 aromatic carbocycles. The Labute approximate surface area is 138 Å². The molecule has 0 saturated carbocycles. The van der Waals surface area contributed by atoms with Gasteiger partial charge in [0.25, 0.3) is 11.6 Å². The molecule has 0 unspecified atom stereocenters. The molecule has 0 radical (unpaired) electrons. The van der Waals surface area contributed by atoms with E-state index in [2.05, 4.69) is 10.1 Å². The molecule has 0 spiro atoms. The van der Waals surface area contributed by atoms with E-state index in [9.17, 15) is 19.7 Å². The van der Waals surface area contributed by atoms with Gasteiger partial charge in [-0.2, -0.15) is 0 Å². The van der Waals surface area contributed by atoms with E-state index in [0.717, 1.165) is 0 Å². The highest BCUT2D eigenvalue weighted by atomic mass is 16.6. The van der Waals surface area contributed by atoms with Crippen LogP contribution in [0.1, 0.15) is 31.8 Å². The maximum Gasteiger partial charge on any atom is 0.338 e. The minimum absolute atomic E-state index is 0.0390. The second kappa shape index (κ2) is 6.91. The van der Waals surface area contributed by atoms with E-state index in [4.69, 9.17) is 0 Å². The zero-order valence-corrected chi connectivity index (χ0v) is 13.5. The summed E-state index contributed by atoms with van der Waals surface area (Å²) in [6.45, 7) is 3.23. The van der Waals surface area contributed by atoms with Crippen LogP contribution < -0.4 is 5.32 Å². The van der Waals surface area contributed by atoms with Crippen molar-refractivity contribution < 1.29 is 19.2 Å². The van der Waals surface area contributed by atoms with Gasteiger partial charge in [0, 0.05) is 11.3 Å². The standard InChI is InChI=1S/C17H16N2O5/c1-10-6-4-8-13(15(10)19(22)23)16(20)18-14-9-5-7-12(11(14)2)17(21)24-3/h4-9H,1-3H3,(H,18,20). The Kier molecular flexibility index (Phi) is 4.93. The summed E-state index contributed by atoms with van der Waals surface area (Å²) in [6, 6.07) is 9.32. The van der Waals surface area contributed by atoms with Gasteiger partial charge in [-0.1, -0.05) is 18.2 Å². The minimum Gasteiger partial charge on any atom is -0.465 e. The first-order valence-electron chi connectivity index (χ1n) is 7.10. The fourth-order valence-corrected chi connectivity index (χ4v) is 2.38. The summed E-state index contributed by atoms with van der Waals surface area (Å²) < 4.78 is 4.69. The largest absolute Gasteiger partial charge is 0.465 e. The Balaban J connectivity index is 2.40. The number of carbonyl (C=O) groups is 2. The third kappa shape index (κ3) is 3.24. The molecule has 7 nitrogen and oxygen atoms in total. The molecule has 0 aliphatic heterocycles. The topological polar surface area (TPSA) is 98.5 Å². The molecule has 0 atom stereocenters. The number of carbonyl (C=O) groups excluding carboxylic acids is 2. The lowest BCUT2D eigenvalue weighted by Crippen LogP contribution is -2.16. The van der Waals surface area contributed by atoms with E-state index < -0.39 is 16.8 Å². The fraction of sp³-hybridized carbons (Fsp3) is 0.176. The SMILES string of the molecule is COC(=O)c1cccc(NC(=O)c2cccc(C)c2[N+](=O)[O-])c1C. The number of nitrogens with one attached hydrogen (secondary N) is 1. The van der Waals surface area contributed by atoms with Crippen LogP contribution in [0.2, 0.25) is 0 Å². The lowest BCUT2D eigenvalue weighted by Gasteiger charge is -2.12. The van der Waals surface area contributed by atoms with E-state index in [1.54, 1.807) is 44.2 Å². The first-order valence-corrected chi connectivity index (χ1v) is 7.10. The third-order valence-corrected chi connectivity index (χ3v) is 3.65. The number of benzene rings is 2. The number of aryl methyl sites for hydroxylation is 1. The van der Waals surface area contributed by atoms with Crippen LogP contribution in [0.5, 0.6) is 0 Å². The second-order valence-corrected chi connectivity index (χ2v) is 5.15. The Morgan fingerprint density at radius 2 is 1.71 bits per heavy atom. The van der Waals surface area contributed by atoms with Crippen molar-refractivity contribution in [2.24, 2.45) is 0 Å². The molecule has 0 saturated heterocycles. The molecule has 1 N–H and O–H groups in total. The molecule has 0 aliphatic rings. The van der Waals surface area contributed by atoms with Crippen molar-refractivity contribution in [1.29, 1.82) is 0 Å². The molecule has 124 valence electrons. The van der Waals surface area contributed by atoms with E-state index in [1.807, 2.05) is 0 Å². The zero-order valence-electron chi connectivity index (χ0n) is 13.5. The van der Waals surface area contributed by atoms with Gasteiger partial charge in [-0.05, 0) is 37.6 Å². The van der Waals surface area contributed by atoms with Crippen molar-refractivity contribution >= 4 is 23.3 Å². The van der Waals surface area contributed by atoms with Crippen LogP contribution in [0.15, 0.2) is 36.4 Å². The number of anilines is 1. The average Bonchev–Trinajstić information content (AvgIpc) is 2.55. The van der Waals surface area contributed by atoms with E-state index in [0.29, 0.717) is 22.4 Å². The summed E-state index contributed by atoms with van der Waals surface area (Å²) in [4.78, 5) is 34.8. The number of para-hydroxylation sites is 1. The van der Waals surface area contributed by atoms with E-state index >= 15 is 0 Å². The van der Waals surface area contributed by atoms with Crippen LogP contribution in [-0.4, -0.2) is 23.9 Å². The molecule has 1 amide bonds. The highest BCUT2D eigenvalue weighted by Gasteiger charge is 2.23. The molecule has 7 heteroatoms. The number of methoxy groups -OCH3 is 1. The lowest BCUT2D eigenvalue weighted by molar-refractivity contribution is -0.385. The van der Waals surface area contributed by atoms with Gasteiger partial charge in [0.1, 0.15) is 5.56 Å². The molecule has 0 bridgehead atoms. The van der Waals surface area contributed by atoms with Crippen LogP contribution in [0.3, 0.4) is 0 Å². The van der Waals surface area contributed by atoms with Crippen LogP contribution in [0, 0.1) is 24.0 Å². The molecule has 0 heterocycles. The molecular formula is C17H16N2O5. The van der Waals surface area contributed by atoms with Crippen molar-refractivity contribution in [2.75, 3.05) is 12.4 Å². The van der Waals surface area contributed by atoms with Crippen molar-refractivity contribution in [2.45, 2.75) is 13.8 Å². The van der Waals surface area contributed by atoms with Gasteiger partial charge in [0.15, 0.2) is 0 Å². The highest BCUT2D eigenvalue weighted by molar-refractivity contribution is 6.08. The van der Waals surface area contributed by atoms with Gasteiger partial charge in [0.2, 0.25) is 0 Å². The number of amides is 1. The van der Waals surface area contributed by atoms with Crippen molar-refractivity contribution in [1.82, 2.24) is 0 Å². The Morgan fingerprint density at radius 1 is 1.08 bits per heavy atom. The third-order valence-electron chi connectivity index (χ3n) is 3.65. The summed E-state index contributed by atoms with van der Waals surface area (Å²) in [5.41, 5.74) is 1.34. The van der Waals surface area contributed by atoms with Gasteiger partial charge in [0.05, 0.1) is 17.6 Å². The molecule has 2 aromatic rings. The van der Waals surface area contributed by atoms with Crippen LogP contribution in [0.25, 0.3) is 0 Å². The highest BCUT2D eigenvalue weighted by Crippen LogP contribution is 2.25. The van der Waals surface area contributed by atoms with Gasteiger partial charge < -0.3 is 10.1 Å². The lowest BCUT2D eigenvalue weighted by atomic mass is 10.0. The van der Waals surface area contributed by atoms with E-state index in [-0.39, 0.29) is 11.3 Å². The number of hydrogen-bond acceptors (Lipinski definition) is 5. The molecule has 0 aliphatic carbocycles. The Morgan fingerprint density at radius 3 is 2.33 bits per heavy atom. The van der Waals surface area contributed by atoms with Crippen molar-refractivity contribution in [3.63, 3.8) is 0 Å². The molecule has 24 heavy (non-hydrogen) atoms. The molecule has 2 rings (SSSR count). The number of nitro groups is 1. The van der Waals surface area contributed by atoms with Gasteiger partial charge in [-0.25, -0.2) is 4.79 Å². The van der Waals surface area contributed by atoms with Gasteiger partial charge >= 0.3 is 5.97 Å². The first-order chi connectivity index (χ1) is 11.4. The summed E-state index contributed by atoms with van der Waals surface area (Å²) >= 11 is 0. The molecular weight excluding hydrogens is 312 g/mol. The van der Waals surface area contributed by atoms with Crippen LogP contribution in [-0.2, 0) is 4.74 Å². The van der Waals surface area contributed by atoms with Gasteiger partial charge in [-0.15, -0.1) is 0 Å². The zero-order chi connectivity index (χ0) is 17.9. The maximum absolute atomic E-state index is 12.5. The van der Waals surface area contributed by atoms with Crippen LogP contribution in [0.4, 0.5) is 11.4 Å². The smallest absolute Gasteiger partial charge is 0.338 e. The van der Waals surface area contributed by atoms with E-state index in [1.165, 1.54) is 13.2 Å². The monoisotopic (exact) mass is 328 g/mol. The number of ether oxygens (including phenoxy) is 1. The number of rotatable bonds is 4. The summed E-state index contributed by atoms with van der Waals surface area (Å²) in [7, 11) is 1.27. The average molecular weight is 328 g/mol. The quantitative estimate of drug-likeness (QED) is 0.527. The summed E-state index contributed by atoms with van der Waals surface area (Å²) in [6.07, 6.45) is 0. The predicted octanol–water partition coefficient (Wildman–Crippen LogP) is 3.25. The van der Waals surface area contributed by atoms with Crippen LogP contribution >= 0.6 is 0 Å². The summed E-state index contributed by atoms with van der Waals surface area (Å²) in [5, 5.41) is 13.8. The normalized spacial score (nSPS) is 10.1. The number of hydrogen-bond donors (Lipinski definition) is 1. The summed E-state index contributed by atoms with van der Waals surface area (Å²) in [5.74, 6) is -1.14. The fourth-order valence-electron chi connectivity index (χ4n) is 2.38. The first kappa shape index (κ1) is 17.1. The van der Waals surface area contributed by atoms with Crippen molar-refractivity contribution in [3.8, 4) is 0 Å². The Hall–Kier alpha value is -3.22. The minimum atomic E-state index is -0.615. The Bertz CT molecular complexity index is 830. The maximum atomic E-state index is 12.5.